The average Bonchev–Trinajstić information content (AvgIpc) is 2.98. The molecule has 2 heterocycles. The number of carboxylic acids is 1. The number of carbonyl (C=O) groups is 1. The van der Waals surface area contributed by atoms with Crippen molar-refractivity contribution in [2.24, 2.45) is 0 Å². The lowest BCUT2D eigenvalue weighted by Crippen LogP contribution is -2.17. The maximum atomic E-state index is 11.7. The van der Waals surface area contributed by atoms with Crippen molar-refractivity contribution in [1.82, 2.24) is 14.6 Å². The van der Waals surface area contributed by atoms with Crippen LogP contribution in [0.4, 0.5) is 0 Å². The Bertz CT molecular complexity index is 652. The smallest absolute Gasteiger partial charge is 0.309 e. The van der Waals surface area contributed by atoms with E-state index in [1.807, 2.05) is 6.07 Å². The Morgan fingerprint density at radius 3 is 2.94 bits per heavy atom. The van der Waals surface area contributed by atoms with Crippen LogP contribution in [0.3, 0.4) is 0 Å². The van der Waals surface area contributed by atoms with Crippen LogP contribution in [0.25, 0.3) is 5.65 Å². The van der Waals surface area contributed by atoms with Crippen molar-refractivity contribution in [2.75, 3.05) is 0 Å². The van der Waals surface area contributed by atoms with Crippen molar-refractivity contribution in [2.45, 2.75) is 25.2 Å². The van der Waals surface area contributed by atoms with Crippen LogP contribution in [0, 0.1) is 0 Å². The van der Waals surface area contributed by atoms with Gasteiger partial charge < -0.3 is 5.11 Å². The quantitative estimate of drug-likeness (QED) is 0.809. The van der Waals surface area contributed by atoms with Gasteiger partial charge in [-0.15, -0.1) is 0 Å². The largest absolute Gasteiger partial charge is 0.481 e. The summed E-state index contributed by atoms with van der Waals surface area (Å²) in [6, 6.07) is 3.08. The number of hydrogen-bond acceptors (Lipinski definition) is 3. The molecule has 3 rings (SSSR count). The number of carboxylic acid groups (broad SMARTS) is 1. The SMILES string of the molecule is O=C(O)Cc1cc(=O)n2[nH]c(C3CC3)cc2n1. The Morgan fingerprint density at radius 2 is 2.29 bits per heavy atom. The van der Waals surface area contributed by atoms with E-state index >= 15 is 0 Å². The third kappa shape index (κ3) is 1.82. The number of aliphatic carboxylic acids is 1. The van der Waals surface area contributed by atoms with Gasteiger partial charge in [-0.1, -0.05) is 0 Å². The van der Waals surface area contributed by atoms with Crippen molar-refractivity contribution in [1.29, 1.82) is 0 Å². The van der Waals surface area contributed by atoms with Gasteiger partial charge in [-0.05, 0) is 12.8 Å². The Balaban J connectivity index is 2.11. The summed E-state index contributed by atoms with van der Waals surface area (Å²) >= 11 is 0. The average molecular weight is 233 g/mol. The maximum absolute atomic E-state index is 11.7. The molecule has 0 aromatic carbocycles. The van der Waals surface area contributed by atoms with Gasteiger partial charge in [0.2, 0.25) is 0 Å². The molecule has 1 aliphatic carbocycles. The molecule has 6 heteroatoms. The Labute approximate surface area is 95.9 Å². The first-order valence-corrected chi connectivity index (χ1v) is 5.47. The predicted molar refractivity (Wildman–Crippen MR) is 59.1 cm³/mol. The summed E-state index contributed by atoms with van der Waals surface area (Å²) < 4.78 is 1.36. The first-order valence-electron chi connectivity index (χ1n) is 5.47. The Morgan fingerprint density at radius 1 is 1.53 bits per heavy atom. The summed E-state index contributed by atoms with van der Waals surface area (Å²) in [5.41, 5.74) is 1.53. The molecule has 0 unspecified atom stereocenters. The summed E-state index contributed by atoms with van der Waals surface area (Å²) in [4.78, 5) is 26.5. The maximum Gasteiger partial charge on any atom is 0.309 e. The topological polar surface area (TPSA) is 87.5 Å². The summed E-state index contributed by atoms with van der Waals surface area (Å²) in [6.07, 6.45) is 2.03. The minimum absolute atomic E-state index is 0.227. The second-order valence-corrected chi connectivity index (χ2v) is 4.34. The molecule has 0 spiro atoms. The first kappa shape index (κ1) is 10.1. The number of fused-ring (bicyclic) bond motifs is 1. The van der Waals surface area contributed by atoms with Crippen LogP contribution in [0.5, 0.6) is 0 Å². The van der Waals surface area contributed by atoms with Crippen molar-refractivity contribution in [3.05, 3.63) is 33.9 Å². The lowest BCUT2D eigenvalue weighted by molar-refractivity contribution is -0.136. The molecule has 1 aliphatic rings. The van der Waals surface area contributed by atoms with Crippen LogP contribution in [0.1, 0.15) is 30.1 Å². The van der Waals surface area contributed by atoms with Crippen molar-refractivity contribution >= 4 is 11.6 Å². The molecule has 2 N–H and O–H groups in total. The number of hydrogen-bond donors (Lipinski definition) is 2. The molecule has 2 aromatic heterocycles. The van der Waals surface area contributed by atoms with Gasteiger partial charge in [0, 0.05) is 23.7 Å². The van der Waals surface area contributed by atoms with E-state index in [2.05, 4.69) is 10.1 Å². The standard InChI is InChI=1S/C11H11N3O3/c15-10-3-7(4-11(16)17)12-9-5-8(6-1-2-6)13-14(9)10/h3,5-6,13H,1-2,4H2,(H,16,17). The van der Waals surface area contributed by atoms with Crippen LogP contribution >= 0.6 is 0 Å². The Hall–Kier alpha value is -2.11. The molecule has 0 bridgehead atoms. The number of aromatic amines is 1. The van der Waals surface area contributed by atoms with E-state index in [4.69, 9.17) is 5.11 Å². The van der Waals surface area contributed by atoms with Gasteiger partial charge in [0.15, 0.2) is 5.65 Å². The normalized spacial score (nSPS) is 15.3. The number of rotatable bonds is 3. The van der Waals surface area contributed by atoms with Crippen LogP contribution in [0.2, 0.25) is 0 Å². The Kier molecular flexibility index (Phi) is 2.04. The van der Waals surface area contributed by atoms with Crippen molar-refractivity contribution in [3.63, 3.8) is 0 Å². The number of nitrogens with one attached hydrogen (secondary N) is 1. The minimum atomic E-state index is -0.987. The van der Waals surface area contributed by atoms with Gasteiger partial charge in [0.1, 0.15) is 0 Å². The number of nitrogens with zero attached hydrogens (tertiary/aromatic N) is 2. The lowest BCUT2D eigenvalue weighted by atomic mass is 10.3. The molecular weight excluding hydrogens is 222 g/mol. The highest BCUT2D eigenvalue weighted by molar-refractivity contribution is 5.69. The van der Waals surface area contributed by atoms with E-state index in [1.54, 1.807) is 0 Å². The summed E-state index contributed by atoms with van der Waals surface area (Å²) in [6.45, 7) is 0. The molecule has 6 nitrogen and oxygen atoms in total. The molecule has 1 saturated carbocycles. The van der Waals surface area contributed by atoms with Crippen molar-refractivity contribution < 1.29 is 9.90 Å². The van der Waals surface area contributed by atoms with Gasteiger partial charge in [0.25, 0.3) is 5.56 Å². The summed E-state index contributed by atoms with van der Waals surface area (Å²) in [5.74, 6) is -0.488. The number of aromatic nitrogens is 3. The third-order valence-electron chi connectivity index (χ3n) is 2.87. The predicted octanol–water partition coefficient (Wildman–Crippen LogP) is 0.527. The summed E-state index contributed by atoms with van der Waals surface area (Å²) in [7, 11) is 0. The molecule has 17 heavy (non-hydrogen) atoms. The fraction of sp³-hybridized carbons (Fsp3) is 0.364. The van der Waals surface area contributed by atoms with Gasteiger partial charge in [-0.2, -0.15) is 0 Å². The van der Waals surface area contributed by atoms with Crippen LogP contribution in [-0.4, -0.2) is 25.7 Å². The molecule has 0 saturated heterocycles. The molecule has 0 aliphatic heterocycles. The zero-order valence-corrected chi connectivity index (χ0v) is 9.01. The van der Waals surface area contributed by atoms with E-state index in [1.165, 1.54) is 10.6 Å². The molecule has 0 atom stereocenters. The van der Waals surface area contributed by atoms with Crippen LogP contribution < -0.4 is 5.56 Å². The van der Waals surface area contributed by atoms with Gasteiger partial charge in [-0.3, -0.25) is 14.7 Å². The molecular formula is C11H11N3O3. The van der Waals surface area contributed by atoms with Crippen molar-refractivity contribution in [3.8, 4) is 0 Å². The van der Waals surface area contributed by atoms with Gasteiger partial charge in [-0.25, -0.2) is 9.50 Å². The molecule has 2 aromatic rings. The highest BCUT2D eigenvalue weighted by atomic mass is 16.4. The van der Waals surface area contributed by atoms with Gasteiger partial charge >= 0.3 is 5.97 Å². The van der Waals surface area contributed by atoms with E-state index in [9.17, 15) is 9.59 Å². The highest BCUT2D eigenvalue weighted by Gasteiger charge is 2.25. The molecule has 1 fully saturated rings. The van der Waals surface area contributed by atoms with E-state index < -0.39 is 5.97 Å². The zero-order valence-electron chi connectivity index (χ0n) is 9.01. The van der Waals surface area contributed by atoms with E-state index in [-0.39, 0.29) is 12.0 Å². The monoisotopic (exact) mass is 233 g/mol. The fourth-order valence-corrected chi connectivity index (χ4v) is 1.91. The fourth-order valence-electron chi connectivity index (χ4n) is 1.91. The third-order valence-corrected chi connectivity index (χ3v) is 2.87. The summed E-state index contributed by atoms with van der Waals surface area (Å²) in [5, 5.41) is 11.7. The van der Waals surface area contributed by atoms with Crippen LogP contribution in [-0.2, 0) is 11.2 Å². The zero-order chi connectivity index (χ0) is 12.0. The van der Waals surface area contributed by atoms with E-state index in [0.29, 0.717) is 17.3 Å². The van der Waals surface area contributed by atoms with E-state index in [0.717, 1.165) is 18.5 Å². The van der Waals surface area contributed by atoms with Crippen LogP contribution in [0.15, 0.2) is 16.9 Å². The molecule has 88 valence electrons. The second kappa shape index (κ2) is 3.44. The number of H-pyrrole nitrogens is 1. The highest BCUT2D eigenvalue weighted by Crippen LogP contribution is 2.39. The first-order chi connectivity index (χ1) is 8.13. The lowest BCUT2D eigenvalue weighted by Gasteiger charge is -1.96. The second-order valence-electron chi connectivity index (χ2n) is 4.34. The van der Waals surface area contributed by atoms with Gasteiger partial charge in [0.05, 0.1) is 12.1 Å². The molecule has 0 radical (unpaired) electrons. The minimum Gasteiger partial charge on any atom is -0.481 e. The molecule has 0 amide bonds.